The van der Waals surface area contributed by atoms with Crippen LogP contribution in [0.25, 0.3) is 5.57 Å². The number of benzene rings is 1. The normalized spacial score (nSPS) is 11.5. The lowest BCUT2D eigenvalue weighted by Gasteiger charge is -2.15. The molecule has 1 N–H and O–H groups in total. The molecule has 0 amide bonds. The van der Waals surface area contributed by atoms with Gasteiger partial charge < -0.3 is 9.84 Å². The summed E-state index contributed by atoms with van der Waals surface area (Å²) in [5, 5.41) is 8.99. The predicted molar refractivity (Wildman–Crippen MR) is 77.6 cm³/mol. The van der Waals surface area contributed by atoms with Crippen LogP contribution in [0.5, 0.6) is 5.75 Å². The maximum Gasteiger partial charge on any atom is 0.328 e. The van der Waals surface area contributed by atoms with E-state index in [9.17, 15) is 4.79 Å². The highest BCUT2D eigenvalue weighted by Gasteiger charge is 2.11. The fourth-order valence-corrected chi connectivity index (χ4v) is 2.37. The van der Waals surface area contributed by atoms with Gasteiger partial charge in [-0.2, -0.15) is 0 Å². The zero-order valence-corrected chi connectivity index (χ0v) is 12.1. The third-order valence-electron chi connectivity index (χ3n) is 2.96. The van der Waals surface area contributed by atoms with Gasteiger partial charge in [0.2, 0.25) is 0 Å². The molecule has 0 aliphatic rings. The number of allylic oxidation sites excluding steroid dienone is 1. The van der Waals surface area contributed by atoms with Crippen LogP contribution in [0.4, 0.5) is 0 Å². The summed E-state index contributed by atoms with van der Waals surface area (Å²) in [6, 6.07) is 3.94. The van der Waals surface area contributed by atoms with E-state index in [1.54, 1.807) is 0 Å². The highest BCUT2D eigenvalue weighted by atomic mass is 16.5. The number of carboxylic acid groups (broad SMARTS) is 1. The summed E-state index contributed by atoms with van der Waals surface area (Å²) in [7, 11) is 0. The predicted octanol–water partition coefficient (Wildman–Crippen LogP) is 3.97. The second-order valence-corrected chi connectivity index (χ2v) is 4.62. The molecule has 3 nitrogen and oxygen atoms in total. The topological polar surface area (TPSA) is 46.5 Å². The summed E-state index contributed by atoms with van der Waals surface area (Å²) in [5.41, 5.74) is 4.04. The first-order chi connectivity index (χ1) is 8.99. The monoisotopic (exact) mass is 262 g/mol. The van der Waals surface area contributed by atoms with Crippen LogP contribution < -0.4 is 4.74 Å². The van der Waals surface area contributed by atoms with Gasteiger partial charge in [-0.15, -0.1) is 0 Å². The van der Waals surface area contributed by atoms with Crippen molar-refractivity contribution in [1.82, 2.24) is 0 Å². The lowest BCUT2D eigenvalue weighted by molar-refractivity contribution is -0.131. The highest BCUT2D eigenvalue weighted by molar-refractivity contribution is 5.91. The van der Waals surface area contributed by atoms with Gasteiger partial charge in [0.05, 0.1) is 6.61 Å². The molecule has 104 valence electrons. The smallest absolute Gasteiger partial charge is 0.328 e. The number of carboxylic acids is 1. The van der Waals surface area contributed by atoms with Gasteiger partial charge in [0.1, 0.15) is 5.75 Å². The highest BCUT2D eigenvalue weighted by Crippen LogP contribution is 2.30. The average molecular weight is 262 g/mol. The molecule has 19 heavy (non-hydrogen) atoms. The molecule has 1 aromatic carbocycles. The van der Waals surface area contributed by atoms with Gasteiger partial charge in [0.15, 0.2) is 0 Å². The lowest BCUT2D eigenvalue weighted by Crippen LogP contribution is -2.00. The minimum atomic E-state index is -0.892. The molecule has 0 aromatic heterocycles. The van der Waals surface area contributed by atoms with Crippen LogP contribution in [0.2, 0.25) is 0 Å². The number of carbonyl (C=O) groups is 1. The van der Waals surface area contributed by atoms with Gasteiger partial charge >= 0.3 is 5.97 Å². The fourth-order valence-electron chi connectivity index (χ4n) is 2.37. The Morgan fingerprint density at radius 1 is 1.26 bits per heavy atom. The molecule has 1 rings (SSSR count). The number of rotatable bonds is 6. The van der Waals surface area contributed by atoms with Crippen molar-refractivity contribution in [2.45, 2.75) is 40.5 Å². The van der Waals surface area contributed by atoms with E-state index in [1.165, 1.54) is 6.08 Å². The van der Waals surface area contributed by atoms with E-state index in [1.807, 2.05) is 32.9 Å². The summed E-state index contributed by atoms with van der Waals surface area (Å²) in [6.45, 7) is 8.62. The van der Waals surface area contributed by atoms with E-state index in [0.29, 0.717) is 6.61 Å². The second kappa shape index (κ2) is 6.98. The Morgan fingerprint density at radius 2 is 1.84 bits per heavy atom. The van der Waals surface area contributed by atoms with E-state index in [4.69, 9.17) is 9.84 Å². The van der Waals surface area contributed by atoms with Crippen LogP contribution in [0.1, 0.15) is 43.4 Å². The van der Waals surface area contributed by atoms with E-state index in [-0.39, 0.29) is 0 Å². The number of hydrogen-bond acceptors (Lipinski definition) is 2. The van der Waals surface area contributed by atoms with Crippen molar-refractivity contribution >= 4 is 11.5 Å². The quantitative estimate of drug-likeness (QED) is 0.789. The molecule has 0 aliphatic heterocycles. The Bertz CT molecular complexity index is 464. The number of aliphatic carboxylic acids is 1. The SMILES string of the molecule is CCC/C(=C\C(=O)O)c1c(C)cc(OCC)cc1C. The van der Waals surface area contributed by atoms with Crippen molar-refractivity contribution in [3.05, 3.63) is 34.9 Å². The largest absolute Gasteiger partial charge is 0.494 e. The molecule has 0 bridgehead atoms. The average Bonchev–Trinajstić information content (AvgIpc) is 2.27. The van der Waals surface area contributed by atoms with Crippen molar-refractivity contribution in [2.75, 3.05) is 6.61 Å². The van der Waals surface area contributed by atoms with Crippen molar-refractivity contribution in [3.8, 4) is 5.75 Å². The minimum absolute atomic E-state index is 0.630. The van der Waals surface area contributed by atoms with Crippen molar-refractivity contribution in [3.63, 3.8) is 0 Å². The Hall–Kier alpha value is -1.77. The first kappa shape index (κ1) is 15.3. The second-order valence-electron chi connectivity index (χ2n) is 4.62. The Labute approximate surface area is 114 Å². The van der Waals surface area contributed by atoms with Crippen LogP contribution in [0, 0.1) is 13.8 Å². The van der Waals surface area contributed by atoms with Gasteiger partial charge in [-0.1, -0.05) is 13.3 Å². The molecule has 0 atom stereocenters. The fraction of sp³-hybridized carbons (Fsp3) is 0.438. The summed E-state index contributed by atoms with van der Waals surface area (Å²) in [4.78, 5) is 10.9. The molecular formula is C16H22O3. The van der Waals surface area contributed by atoms with Gasteiger partial charge in [-0.05, 0) is 61.6 Å². The van der Waals surface area contributed by atoms with Crippen molar-refractivity contribution in [2.24, 2.45) is 0 Å². The molecule has 0 radical (unpaired) electrons. The van der Waals surface area contributed by atoms with Gasteiger partial charge in [0.25, 0.3) is 0 Å². The molecule has 0 fully saturated rings. The van der Waals surface area contributed by atoms with Crippen LogP contribution >= 0.6 is 0 Å². The summed E-state index contributed by atoms with van der Waals surface area (Å²) < 4.78 is 5.51. The summed E-state index contributed by atoms with van der Waals surface area (Å²) in [5.74, 6) is -0.0523. The van der Waals surface area contributed by atoms with Gasteiger partial charge in [-0.3, -0.25) is 0 Å². The van der Waals surface area contributed by atoms with Crippen LogP contribution in [-0.2, 0) is 4.79 Å². The lowest BCUT2D eigenvalue weighted by atomic mass is 9.92. The molecule has 0 heterocycles. The third-order valence-corrected chi connectivity index (χ3v) is 2.96. The van der Waals surface area contributed by atoms with Crippen LogP contribution in [0.3, 0.4) is 0 Å². The molecule has 0 unspecified atom stereocenters. The van der Waals surface area contributed by atoms with Crippen molar-refractivity contribution in [1.29, 1.82) is 0 Å². The first-order valence-electron chi connectivity index (χ1n) is 6.67. The molecule has 3 heteroatoms. The Kier molecular flexibility index (Phi) is 5.61. The minimum Gasteiger partial charge on any atom is -0.494 e. The summed E-state index contributed by atoms with van der Waals surface area (Å²) in [6.07, 6.45) is 3.01. The van der Waals surface area contributed by atoms with Crippen molar-refractivity contribution < 1.29 is 14.6 Å². The molecule has 0 saturated heterocycles. The Morgan fingerprint density at radius 3 is 2.26 bits per heavy atom. The third kappa shape index (κ3) is 4.12. The van der Waals surface area contributed by atoms with E-state index in [2.05, 4.69) is 6.92 Å². The van der Waals surface area contributed by atoms with E-state index >= 15 is 0 Å². The standard InChI is InChI=1S/C16H22O3/c1-5-7-13(10-15(17)18)16-11(3)8-14(19-6-2)9-12(16)4/h8-10H,5-7H2,1-4H3,(H,17,18)/b13-10+. The van der Waals surface area contributed by atoms with Crippen LogP contribution in [-0.4, -0.2) is 17.7 Å². The molecule has 1 aromatic rings. The zero-order chi connectivity index (χ0) is 14.4. The van der Waals surface area contributed by atoms with Gasteiger partial charge in [-0.25, -0.2) is 4.79 Å². The summed E-state index contributed by atoms with van der Waals surface area (Å²) >= 11 is 0. The zero-order valence-electron chi connectivity index (χ0n) is 12.1. The Balaban J connectivity index is 3.27. The first-order valence-corrected chi connectivity index (χ1v) is 6.67. The van der Waals surface area contributed by atoms with E-state index in [0.717, 1.165) is 40.9 Å². The molecule has 0 aliphatic carbocycles. The number of hydrogen-bond donors (Lipinski definition) is 1. The molecule has 0 saturated carbocycles. The number of ether oxygens (including phenoxy) is 1. The molecular weight excluding hydrogens is 240 g/mol. The molecule has 0 spiro atoms. The van der Waals surface area contributed by atoms with E-state index < -0.39 is 5.97 Å². The maximum absolute atomic E-state index is 10.9. The maximum atomic E-state index is 10.9. The van der Waals surface area contributed by atoms with Gasteiger partial charge in [0, 0.05) is 6.08 Å². The van der Waals surface area contributed by atoms with Crippen LogP contribution in [0.15, 0.2) is 18.2 Å². The number of aryl methyl sites for hydroxylation is 2.